The molecule has 0 aromatic rings. The third-order valence-corrected chi connectivity index (χ3v) is 2.33. The molecule has 0 aromatic carbocycles. The third-order valence-electron chi connectivity index (χ3n) is 2.33. The van der Waals surface area contributed by atoms with Gasteiger partial charge in [0.05, 0.1) is 6.54 Å². The smallest absolute Gasteiger partial charge is 0.334 e. The normalized spacial score (nSPS) is 21.3. The van der Waals surface area contributed by atoms with E-state index in [0.717, 1.165) is 0 Å². The van der Waals surface area contributed by atoms with Crippen molar-refractivity contribution in [2.24, 2.45) is 0 Å². The largest absolute Gasteiger partial charge is 0.479 e. The average Bonchev–Trinajstić information content (AvgIpc) is 2.65. The SMILES string of the molecule is COC(CNC(=O)[C@@H]1CCC(=O)N1)C(=O)O. The Morgan fingerprint density at radius 3 is 2.81 bits per heavy atom. The zero-order valence-electron chi connectivity index (χ0n) is 8.86. The second-order valence-corrected chi connectivity index (χ2v) is 3.47. The van der Waals surface area contributed by atoms with Crippen molar-refractivity contribution < 1.29 is 24.2 Å². The number of amides is 2. The summed E-state index contributed by atoms with van der Waals surface area (Å²) in [6, 6.07) is -0.557. The minimum absolute atomic E-state index is 0.114. The molecule has 1 aliphatic rings. The molecule has 0 aliphatic carbocycles. The Balaban J connectivity index is 2.34. The number of hydrogen-bond donors (Lipinski definition) is 3. The minimum atomic E-state index is -1.14. The van der Waals surface area contributed by atoms with Gasteiger partial charge in [0.15, 0.2) is 6.10 Å². The first-order chi connectivity index (χ1) is 7.54. The number of methoxy groups -OCH3 is 1. The molecule has 0 radical (unpaired) electrons. The first kappa shape index (κ1) is 12.4. The first-order valence-corrected chi connectivity index (χ1v) is 4.87. The van der Waals surface area contributed by atoms with Gasteiger partial charge in [-0.3, -0.25) is 9.59 Å². The Morgan fingerprint density at radius 1 is 1.69 bits per heavy atom. The molecule has 1 aliphatic heterocycles. The number of hydrogen-bond acceptors (Lipinski definition) is 4. The number of carbonyl (C=O) groups is 3. The third kappa shape index (κ3) is 3.20. The molecule has 1 unspecified atom stereocenters. The highest BCUT2D eigenvalue weighted by Gasteiger charge is 2.28. The Kier molecular flexibility index (Phi) is 4.24. The van der Waals surface area contributed by atoms with E-state index in [-0.39, 0.29) is 18.4 Å². The van der Waals surface area contributed by atoms with Crippen molar-refractivity contribution in [2.75, 3.05) is 13.7 Å². The van der Waals surface area contributed by atoms with Gasteiger partial charge in [-0.2, -0.15) is 0 Å². The first-order valence-electron chi connectivity index (χ1n) is 4.87. The van der Waals surface area contributed by atoms with Crippen LogP contribution in [0.5, 0.6) is 0 Å². The summed E-state index contributed by atoms with van der Waals surface area (Å²) in [7, 11) is 1.25. The van der Waals surface area contributed by atoms with Crippen molar-refractivity contribution in [1.29, 1.82) is 0 Å². The summed E-state index contributed by atoms with van der Waals surface area (Å²) >= 11 is 0. The van der Waals surface area contributed by atoms with E-state index in [0.29, 0.717) is 12.8 Å². The number of nitrogens with one attached hydrogen (secondary N) is 2. The Labute approximate surface area is 92.1 Å². The van der Waals surface area contributed by atoms with Crippen molar-refractivity contribution in [3.63, 3.8) is 0 Å². The van der Waals surface area contributed by atoms with Crippen molar-refractivity contribution in [3.8, 4) is 0 Å². The highest BCUT2D eigenvalue weighted by atomic mass is 16.5. The number of carbonyl (C=O) groups excluding carboxylic acids is 2. The summed E-state index contributed by atoms with van der Waals surface area (Å²) in [4.78, 5) is 32.9. The summed E-state index contributed by atoms with van der Waals surface area (Å²) in [6.45, 7) is -0.114. The van der Waals surface area contributed by atoms with Gasteiger partial charge in [-0.25, -0.2) is 4.79 Å². The van der Waals surface area contributed by atoms with Gasteiger partial charge in [-0.1, -0.05) is 0 Å². The van der Waals surface area contributed by atoms with Crippen LogP contribution in [-0.2, 0) is 19.1 Å². The van der Waals surface area contributed by atoms with Crippen LogP contribution < -0.4 is 10.6 Å². The van der Waals surface area contributed by atoms with Crippen molar-refractivity contribution in [1.82, 2.24) is 10.6 Å². The molecular weight excluding hydrogens is 216 g/mol. The van der Waals surface area contributed by atoms with Crippen molar-refractivity contribution in [3.05, 3.63) is 0 Å². The van der Waals surface area contributed by atoms with Crippen molar-refractivity contribution in [2.45, 2.75) is 25.0 Å². The van der Waals surface area contributed by atoms with Gasteiger partial charge in [0.25, 0.3) is 0 Å². The second kappa shape index (κ2) is 5.45. The second-order valence-electron chi connectivity index (χ2n) is 3.47. The van der Waals surface area contributed by atoms with Gasteiger partial charge < -0.3 is 20.5 Å². The van der Waals surface area contributed by atoms with E-state index in [9.17, 15) is 14.4 Å². The van der Waals surface area contributed by atoms with E-state index in [1.165, 1.54) is 7.11 Å². The topological polar surface area (TPSA) is 105 Å². The molecule has 7 nitrogen and oxygen atoms in total. The van der Waals surface area contributed by atoms with Gasteiger partial charge in [-0.15, -0.1) is 0 Å². The monoisotopic (exact) mass is 230 g/mol. The zero-order chi connectivity index (χ0) is 12.1. The van der Waals surface area contributed by atoms with Crippen LogP contribution in [0, 0.1) is 0 Å². The lowest BCUT2D eigenvalue weighted by Crippen LogP contribution is -2.45. The van der Waals surface area contributed by atoms with Crippen LogP contribution in [-0.4, -0.2) is 48.7 Å². The summed E-state index contributed by atoms with van der Waals surface area (Å²) in [5.74, 6) is -1.69. The molecule has 3 N–H and O–H groups in total. The van der Waals surface area contributed by atoms with Crippen molar-refractivity contribution >= 4 is 17.8 Å². The van der Waals surface area contributed by atoms with Crippen LogP contribution in [0.3, 0.4) is 0 Å². The molecule has 90 valence electrons. The molecule has 1 heterocycles. The van der Waals surface area contributed by atoms with Crippen LogP contribution in [0.4, 0.5) is 0 Å². The fourth-order valence-electron chi connectivity index (χ4n) is 1.40. The summed E-state index contributed by atoms with van der Waals surface area (Å²) < 4.78 is 4.64. The number of carboxylic acids is 1. The van der Waals surface area contributed by atoms with Crippen LogP contribution in [0.25, 0.3) is 0 Å². The Hall–Kier alpha value is -1.63. The maximum absolute atomic E-state index is 11.5. The predicted molar refractivity (Wildman–Crippen MR) is 52.6 cm³/mol. The van der Waals surface area contributed by atoms with Gasteiger partial charge in [0, 0.05) is 13.5 Å². The van der Waals surface area contributed by atoms with Gasteiger partial charge in [-0.05, 0) is 6.42 Å². The van der Waals surface area contributed by atoms with E-state index >= 15 is 0 Å². The van der Waals surface area contributed by atoms with Crippen LogP contribution in [0.1, 0.15) is 12.8 Å². The molecular formula is C9H14N2O5. The lowest BCUT2D eigenvalue weighted by atomic mass is 10.2. The van der Waals surface area contributed by atoms with E-state index in [2.05, 4.69) is 15.4 Å². The predicted octanol–water partition coefficient (Wildman–Crippen LogP) is -1.52. The van der Waals surface area contributed by atoms with Crippen LogP contribution in [0.15, 0.2) is 0 Å². The quantitative estimate of drug-likeness (QED) is 0.532. The van der Waals surface area contributed by atoms with Gasteiger partial charge in [0.2, 0.25) is 11.8 Å². The number of carboxylic acid groups (broad SMARTS) is 1. The minimum Gasteiger partial charge on any atom is -0.479 e. The molecule has 0 aromatic heterocycles. The number of ether oxygens (including phenoxy) is 1. The highest BCUT2D eigenvalue weighted by Crippen LogP contribution is 2.06. The maximum Gasteiger partial charge on any atom is 0.334 e. The molecule has 1 fully saturated rings. The van der Waals surface area contributed by atoms with E-state index < -0.39 is 18.1 Å². The highest BCUT2D eigenvalue weighted by molar-refractivity contribution is 5.91. The molecule has 16 heavy (non-hydrogen) atoms. The molecule has 7 heteroatoms. The lowest BCUT2D eigenvalue weighted by molar-refractivity contribution is -0.148. The van der Waals surface area contributed by atoms with E-state index in [4.69, 9.17) is 5.11 Å². The maximum atomic E-state index is 11.5. The van der Waals surface area contributed by atoms with Gasteiger partial charge >= 0.3 is 5.97 Å². The number of rotatable bonds is 5. The molecule has 1 rings (SSSR count). The van der Waals surface area contributed by atoms with Crippen LogP contribution >= 0.6 is 0 Å². The molecule has 0 bridgehead atoms. The summed E-state index contributed by atoms with van der Waals surface area (Å²) in [5, 5.41) is 13.6. The molecule has 2 amide bonds. The van der Waals surface area contributed by atoms with Crippen LogP contribution in [0.2, 0.25) is 0 Å². The Morgan fingerprint density at radius 2 is 2.38 bits per heavy atom. The summed E-state index contributed by atoms with van der Waals surface area (Å²) in [5.41, 5.74) is 0. The molecule has 0 saturated carbocycles. The molecule has 0 spiro atoms. The lowest BCUT2D eigenvalue weighted by Gasteiger charge is -2.14. The van der Waals surface area contributed by atoms with E-state index in [1.807, 2.05) is 0 Å². The standard InChI is InChI=1S/C9H14N2O5/c1-16-6(9(14)15)4-10-8(13)5-2-3-7(12)11-5/h5-6H,2-4H2,1H3,(H,10,13)(H,11,12)(H,14,15)/t5-,6?/m0/s1. The fraction of sp³-hybridized carbons (Fsp3) is 0.667. The number of aliphatic carboxylic acids is 1. The fourth-order valence-corrected chi connectivity index (χ4v) is 1.40. The molecule has 1 saturated heterocycles. The van der Waals surface area contributed by atoms with Gasteiger partial charge in [0.1, 0.15) is 6.04 Å². The summed E-state index contributed by atoms with van der Waals surface area (Å²) in [6.07, 6.45) is -0.304. The van der Waals surface area contributed by atoms with E-state index in [1.54, 1.807) is 0 Å². The zero-order valence-corrected chi connectivity index (χ0v) is 8.86. The average molecular weight is 230 g/mol. The molecule has 2 atom stereocenters. The Bertz CT molecular complexity index is 304.